The summed E-state index contributed by atoms with van der Waals surface area (Å²) < 4.78 is 0. The number of rotatable bonds is 6. The summed E-state index contributed by atoms with van der Waals surface area (Å²) in [5.41, 5.74) is 2.22. The summed E-state index contributed by atoms with van der Waals surface area (Å²) in [5, 5.41) is 6.67. The molecule has 0 amide bonds. The van der Waals surface area contributed by atoms with Gasteiger partial charge in [-0.2, -0.15) is 0 Å². The second-order valence-electron chi connectivity index (χ2n) is 5.63. The van der Waals surface area contributed by atoms with Gasteiger partial charge in [-0.1, -0.05) is 85.2 Å². The van der Waals surface area contributed by atoms with Gasteiger partial charge in [-0.15, -0.1) is 0 Å². The van der Waals surface area contributed by atoms with Crippen LogP contribution in [0.2, 0.25) is 0 Å². The number of fused-ring (bicyclic) bond motifs is 1. The minimum absolute atomic E-state index is 0.0120. The highest BCUT2D eigenvalue weighted by atomic mass is 16.6. The van der Waals surface area contributed by atoms with Crippen LogP contribution in [0.3, 0.4) is 0 Å². The van der Waals surface area contributed by atoms with Crippen LogP contribution in [0, 0.1) is 0 Å². The van der Waals surface area contributed by atoms with E-state index in [4.69, 9.17) is 4.84 Å². The zero-order valence-electron chi connectivity index (χ0n) is 13.4. The Morgan fingerprint density at radius 2 is 1.65 bits per heavy atom. The summed E-state index contributed by atoms with van der Waals surface area (Å²) >= 11 is 0. The molecule has 3 aromatic rings. The molecule has 1 atom stereocenters. The standard InChI is InChI=1S/C21H21NO/c1-2-8-21(19-10-4-3-5-11-19)23-22-16-17-13-14-18-9-6-7-12-20(18)15-17/h3-7,9-16,21H,2,8H2,1H3/b22-16+/t21-/m0/s1. The Kier molecular flexibility index (Phi) is 5.05. The Hall–Kier alpha value is -2.61. The quantitative estimate of drug-likeness (QED) is 0.421. The van der Waals surface area contributed by atoms with Crippen LogP contribution in [0.4, 0.5) is 0 Å². The minimum atomic E-state index is 0.0120. The highest BCUT2D eigenvalue weighted by molar-refractivity contribution is 5.90. The Balaban J connectivity index is 1.72. The van der Waals surface area contributed by atoms with Crippen molar-refractivity contribution in [3.8, 4) is 0 Å². The van der Waals surface area contributed by atoms with Gasteiger partial charge in [0.15, 0.2) is 6.10 Å². The fraction of sp³-hybridized carbons (Fsp3) is 0.190. The predicted octanol–water partition coefficient (Wildman–Crippen LogP) is 5.73. The van der Waals surface area contributed by atoms with Crippen molar-refractivity contribution in [1.29, 1.82) is 0 Å². The Labute approximate surface area is 137 Å². The summed E-state index contributed by atoms with van der Waals surface area (Å²) in [6, 6.07) is 24.9. The third-order valence-electron chi connectivity index (χ3n) is 3.89. The number of hydrogen-bond donors (Lipinski definition) is 0. The van der Waals surface area contributed by atoms with Crippen molar-refractivity contribution in [2.24, 2.45) is 5.16 Å². The van der Waals surface area contributed by atoms with Crippen LogP contribution in [0.1, 0.15) is 37.0 Å². The molecule has 0 heterocycles. The van der Waals surface area contributed by atoms with E-state index in [0.29, 0.717) is 0 Å². The minimum Gasteiger partial charge on any atom is -0.388 e. The average molecular weight is 303 g/mol. The van der Waals surface area contributed by atoms with E-state index >= 15 is 0 Å². The highest BCUT2D eigenvalue weighted by Crippen LogP contribution is 2.22. The lowest BCUT2D eigenvalue weighted by Crippen LogP contribution is -2.00. The van der Waals surface area contributed by atoms with Gasteiger partial charge in [0, 0.05) is 0 Å². The maximum Gasteiger partial charge on any atom is 0.152 e. The maximum absolute atomic E-state index is 5.75. The second-order valence-corrected chi connectivity index (χ2v) is 5.63. The van der Waals surface area contributed by atoms with Gasteiger partial charge in [0.1, 0.15) is 0 Å². The molecule has 0 aromatic heterocycles. The lowest BCUT2D eigenvalue weighted by molar-refractivity contribution is 0.0528. The monoisotopic (exact) mass is 303 g/mol. The van der Waals surface area contributed by atoms with Gasteiger partial charge < -0.3 is 4.84 Å². The van der Waals surface area contributed by atoms with Gasteiger partial charge in [-0.25, -0.2) is 0 Å². The van der Waals surface area contributed by atoms with Crippen molar-refractivity contribution in [2.75, 3.05) is 0 Å². The van der Waals surface area contributed by atoms with Gasteiger partial charge in [0.25, 0.3) is 0 Å². The molecule has 0 spiro atoms. The third-order valence-corrected chi connectivity index (χ3v) is 3.89. The molecule has 3 rings (SSSR count). The lowest BCUT2D eigenvalue weighted by Gasteiger charge is -2.14. The molecule has 0 aliphatic rings. The lowest BCUT2D eigenvalue weighted by atomic mass is 10.1. The Morgan fingerprint density at radius 1 is 0.913 bits per heavy atom. The van der Waals surface area contributed by atoms with Crippen LogP contribution in [0.5, 0.6) is 0 Å². The zero-order valence-corrected chi connectivity index (χ0v) is 13.4. The van der Waals surface area contributed by atoms with E-state index in [9.17, 15) is 0 Å². The van der Waals surface area contributed by atoms with Crippen LogP contribution in [-0.4, -0.2) is 6.21 Å². The summed E-state index contributed by atoms with van der Waals surface area (Å²) in [6.45, 7) is 2.16. The van der Waals surface area contributed by atoms with E-state index in [2.05, 4.69) is 60.6 Å². The fourth-order valence-corrected chi connectivity index (χ4v) is 2.66. The van der Waals surface area contributed by atoms with E-state index in [1.54, 1.807) is 6.21 Å². The van der Waals surface area contributed by atoms with Gasteiger partial charge in [0.05, 0.1) is 6.21 Å². The smallest absolute Gasteiger partial charge is 0.152 e. The summed E-state index contributed by atoms with van der Waals surface area (Å²) in [5.74, 6) is 0. The van der Waals surface area contributed by atoms with E-state index in [0.717, 1.165) is 18.4 Å². The molecule has 0 bridgehead atoms. The fourth-order valence-electron chi connectivity index (χ4n) is 2.66. The van der Waals surface area contributed by atoms with Crippen molar-refractivity contribution in [3.05, 3.63) is 83.9 Å². The van der Waals surface area contributed by atoms with Crippen molar-refractivity contribution < 1.29 is 4.84 Å². The van der Waals surface area contributed by atoms with Crippen LogP contribution in [0.25, 0.3) is 10.8 Å². The molecule has 0 N–H and O–H groups in total. The van der Waals surface area contributed by atoms with Gasteiger partial charge >= 0.3 is 0 Å². The first-order valence-corrected chi connectivity index (χ1v) is 8.10. The van der Waals surface area contributed by atoms with E-state index < -0.39 is 0 Å². The zero-order chi connectivity index (χ0) is 15.9. The molecule has 0 radical (unpaired) electrons. The first kappa shape index (κ1) is 15.3. The SMILES string of the molecule is CCC[C@H](O/N=C/c1ccc2ccccc2c1)c1ccccc1. The first-order valence-electron chi connectivity index (χ1n) is 8.10. The van der Waals surface area contributed by atoms with Crippen LogP contribution in [-0.2, 0) is 4.84 Å². The van der Waals surface area contributed by atoms with Gasteiger partial charge in [0.2, 0.25) is 0 Å². The average Bonchev–Trinajstić information content (AvgIpc) is 2.61. The van der Waals surface area contributed by atoms with Crippen LogP contribution < -0.4 is 0 Å². The molecule has 2 heteroatoms. The topological polar surface area (TPSA) is 21.6 Å². The molecular weight excluding hydrogens is 282 g/mol. The van der Waals surface area contributed by atoms with Crippen molar-refractivity contribution in [1.82, 2.24) is 0 Å². The molecule has 0 saturated heterocycles. The maximum atomic E-state index is 5.75. The highest BCUT2D eigenvalue weighted by Gasteiger charge is 2.10. The number of benzene rings is 3. The molecule has 0 unspecified atom stereocenters. The molecule has 0 aliphatic carbocycles. The number of nitrogens with zero attached hydrogens (tertiary/aromatic N) is 1. The molecule has 0 aliphatic heterocycles. The van der Waals surface area contributed by atoms with E-state index in [1.165, 1.54) is 16.3 Å². The van der Waals surface area contributed by atoms with E-state index in [-0.39, 0.29) is 6.10 Å². The van der Waals surface area contributed by atoms with Gasteiger partial charge in [-0.05, 0) is 34.4 Å². The normalized spacial score (nSPS) is 12.6. The molecule has 0 fully saturated rings. The van der Waals surface area contributed by atoms with Crippen LogP contribution >= 0.6 is 0 Å². The molecule has 3 aromatic carbocycles. The van der Waals surface area contributed by atoms with Crippen molar-refractivity contribution in [2.45, 2.75) is 25.9 Å². The summed E-state index contributed by atoms with van der Waals surface area (Å²) in [7, 11) is 0. The molecule has 116 valence electrons. The Morgan fingerprint density at radius 3 is 2.43 bits per heavy atom. The molecular formula is C21H21NO. The van der Waals surface area contributed by atoms with Crippen molar-refractivity contribution >= 4 is 17.0 Å². The summed E-state index contributed by atoms with van der Waals surface area (Å²) in [6.07, 6.45) is 3.82. The molecule has 2 nitrogen and oxygen atoms in total. The van der Waals surface area contributed by atoms with Crippen LogP contribution in [0.15, 0.2) is 78.0 Å². The molecule has 0 saturated carbocycles. The van der Waals surface area contributed by atoms with Crippen molar-refractivity contribution in [3.63, 3.8) is 0 Å². The van der Waals surface area contributed by atoms with Gasteiger partial charge in [-0.3, -0.25) is 0 Å². The third kappa shape index (κ3) is 3.98. The first-order chi connectivity index (χ1) is 11.4. The Bertz CT molecular complexity index is 780. The van der Waals surface area contributed by atoms with E-state index in [1.807, 2.05) is 24.3 Å². The number of hydrogen-bond acceptors (Lipinski definition) is 2. The number of oxime groups is 1. The summed E-state index contributed by atoms with van der Waals surface area (Å²) in [4.78, 5) is 5.75. The predicted molar refractivity (Wildman–Crippen MR) is 96.7 cm³/mol. The second kappa shape index (κ2) is 7.59. The largest absolute Gasteiger partial charge is 0.388 e. The molecule has 23 heavy (non-hydrogen) atoms.